The molecule has 1 saturated heterocycles. The number of hydrogen-bond acceptors (Lipinski definition) is 2. The van der Waals surface area contributed by atoms with E-state index in [-0.39, 0.29) is 0 Å². The Kier molecular flexibility index (Phi) is 4.93. The molecule has 0 radical (unpaired) electrons. The molecule has 1 N–H and O–H groups in total. The minimum absolute atomic E-state index is 0.396. The maximum absolute atomic E-state index is 12.9. The first-order chi connectivity index (χ1) is 11.3. The molecule has 0 bridgehead atoms. The summed E-state index contributed by atoms with van der Waals surface area (Å²) < 4.78 is 42.7. The zero-order chi connectivity index (χ0) is 17.4. The van der Waals surface area contributed by atoms with Crippen molar-refractivity contribution in [2.75, 3.05) is 0 Å². The van der Waals surface area contributed by atoms with Crippen LogP contribution in [0, 0.1) is 0 Å². The van der Waals surface area contributed by atoms with Crippen molar-refractivity contribution < 1.29 is 27.8 Å². The van der Waals surface area contributed by atoms with Crippen LogP contribution < -0.4 is 0 Å². The normalized spacial score (nSPS) is 22.7. The van der Waals surface area contributed by atoms with E-state index in [4.69, 9.17) is 4.74 Å². The van der Waals surface area contributed by atoms with Crippen molar-refractivity contribution in [1.29, 1.82) is 0 Å². The molecule has 1 aliphatic heterocycles. The minimum atomic E-state index is -4.43. The van der Waals surface area contributed by atoms with Gasteiger partial charge in [0.2, 0.25) is 0 Å². The van der Waals surface area contributed by atoms with Gasteiger partial charge in [-0.15, -0.1) is 0 Å². The predicted octanol–water partition coefficient (Wildman–Crippen LogP) is 4.10. The molecule has 0 aromatic heterocycles. The van der Waals surface area contributed by atoms with Crippen molar-refractivity contribution in [1.82, 2.24) is 0 Å². The van der Waals surface area contributed by atoms with Crippen molar-refractivity contribution >= 4 is 35.9 Å². The number of hydrogen-bond donors (Lipinski definition) is 1. The summed E-state index contributed by atoms with van der Waals surface area (Å²) in [5, 5.41) is 9.24. The number of alkyl halides is 3. The molecule has 3 nitrogen and oxygen atoms in total. The first kappa shape index (κ1) is 17.7. The van der Waals surface area contributed by atoms with Crippen LogP contribution in [0.15, 0.2) is 54.6 Å². The van der Waals surface area contributed by atoms with Gasteiger partial charge >= 0.3 is 155 Å². The molecule has 0 saturated carbocycles. The number of ether oxygens (including phenoxy) is 1. The van der Waals surface area contributed by atoms with Crippen LogP contribution in [-0.4, -0.2) is 42.7 Å². The summed E-state index contributed by atoms with van der Waals surface area (Å²) in [7, 11) is 0. The van der Waals surface area contributed by atoms with Crippen molar-refractivity contribution in [3.05, 3.63) is 71.3 Å². The standard InChI is InChI=1S/C16H12F3O.CHO2.Ca/c17-16(18,19)13-8-4-7-12(10-13)15-14(20-15)9-11-5-2-1-3-6-11;2-1-3;/h1-8,10,15H,9H2;(H,2,3);. The van der Waals surface area contributed by atoms with E-state index in [1.54, 1.807) is 6.07 Å². The van der Waals surface area contributed by atoms with Crippen molar-refractivity contribution in [3.63, 3.8) is 0 Å². The molecule has 1 fully saturated rings. The van der Waals surface area contributed by atoms with Gasteiger partial charge in [-0.1, -0.05) is 0 Å². The van der Waals surface area contributed by atoms with Gasteiger partial charge in [-0.3, -0.25) is 0 Å². The molecule has 7 heteroatoms. The maximum atomic E-state index is 12.9. The molecule has 122 valence electrons. The molecule has 24 heavy (non-hydrogen) atoms. The van der Waals surface area contributed by atoms with Gasteiger partial charge < -0.3 is 0 Å². The Morgan fingerprint density at radius 3 is 2.50 bits per heavy atom. The van der Waals surface area contributed by atoms with Gasteiger partial charge in [0.25, 0.3) is 0 Å². The van der Waals surface area contributed by atoms with E-state index < -0.39 is 55.4 Å². The molecule has 2 unspecified atom stereocenters. The Morgan fingerprint density at radius 2 is 1.88 bits per heavy atom. The first-order valence-corrected chi connectivity index (χ1v) is 9.62. The summed E-state index contributed by atoms with van der Waals surface area (Å²) in [6.07, 6.45) is -4.58. The van der Waals surface area contributed by atoms with Crippen LogP contribution in [0.2, 0.25) is 0 Å². The average molecular weight is 362 g/mol. The van der Waals surface area contributed by atoms with Crippen LogP contribution in [0.4, 0.5) is 18.0 Å². The monoisotopic (exact) mass is 362 g/mol. The fraction of sp³-hybridized carbons (Fsp3) is 0.235. The molecule has 1 heterocycles. The van der Waals surface area contributed by atoms with Crippen LogP contribution in [0.25, 0.3) is 0 Å². The van der Waals surface area contributed by atoms with Gasteiger partial charge in [0.05, 0.1) is 0 Å². The van der Waals surface area contributed by atoms with Crippen LogP contribution in [0.3, 0.4) is 0 Å². The Hall–Kier alpha value is -1.08. The Bertz CT molecular complexity index is 748. The third-order valence-electron chi connectivity index (χ3n) is 4.09. The molecular weight excluding hydrogens is 349 g/mol. The average Bonchev–Trinajstić information content (AvgIpc) is 3.20. The molecule has 2 aromatic carbocycles. The first-order valence-electron chi connectivity index (χ1n) is 7.41. The summed E-state index contributed by atoms with van der Waals surface area (Å²) >= 11 is -2.18. The Balaban J connectivity index is 1.87. The summed E-state index contributed by atoms with van der Waals surface area (Å²) in [5.41, 5.74) is 0.582. The van der Waals surface area contributed by atoms with Crippen LogP contribution >= 0.6 is 0 Å². The summed E-state index contributed by atoms with van der Waals surface area (Å²) in [4.78, 5) is 11.3. The van der Waals surface area contributed by atoms with Gasteiger partial charge in [-0.2, -0.15) is 0 Å². The molecule has 1 aliphatic rings. The molecule has 0 amide bonds. The number of halogens is 3. The molecule has 3 rings (SSSR count). The number of carbonyl (C=O) groups is 1. The van der Waals surface area contributed by atoms with E-state index in [1.807, 2.05) is 30.3 Å². The fourth-order valence-electron chi connectivity index (χ4n) is 2.98. The molecule has 0 spiro atoms. The van der Waals surface area contributed by atoms with E-state index in [9.17, 15) is 23.1 Å². The predicted molar refractivity (Wildman–Crippen MR) is 81.9 cm³/mol. The van der Waals surface area contributed by atoms with Gasteiger partial charge in [0, 0.05) is 0 Å². The Labute approximate surface area is 154 Å². The number of epoxide rings is 1. The van der Waals surface area contributed by atoms with Crippen LogP contribution in [-0.2, 0) is 17.3 Å². The second-order valence-corrected chi connectivity index (χ2v) is 9.28. The van der Waals surface area contributed by atoms with Crippen molar-refractivity contribution in [2.45, 2.75) is 20.4 Å². The van der Waals surface area contributed by atoms with Crippen molar-refractivity contribution in [3.8, 4) is 0 Å². The van der Waals surface area contributed by atoms with Crippen LogP contribution in [0.1, 0.15) is 22.8 Å². The number of rotatable bonds is 5. The van der Waals surface area contributed by atoms with E-state index in [1.165, 1.54) is 6.07 Å². The van der Waals surface area contributed by atoms with E-state index in [2.05, 4.69) is 0 Å². The van der Waals surface area contributed by atoms with Gasteiger partial charge in [0.1, 0.15) is 0 Å². The number of carboxylic acid groups (broad SMARTS) is 1. The van der Waals surface area contributed by atoms with E-state index >= 15 is 0 Å². The summed E-state index contributed by atoms with van der Waals surface area (Å²) in [5.74, 6) is 0. The number of benzene rings is 2. The fourth-order valence-corrected chi connectivity index (χ4v) is 5.47. The second kappa shape index (κ2) is 6.67. The van der Waals surface area contributed by atoms with Crippen molar-refractivity contribution in [2.24, 2.45) is 0 Å². The Morgan fingerprint density at radius 1 is 1.17 bits per heavy atom. The van der Waals surface area contributed by atoms with Gasteiger partial charge in [-0.05, 0) is 0 Å². The third kappa shape index (κ3) is 3.94. The van der Waals surface area contributed by atoms with E-state index in [0.717, 1.165) is 17.7 Å². The molecule has 0 aliphatic carbocycles. The summed E-state index contributed by atoms with van der Waals surface area (Å²) in [6, 6.07) is 14.2. The summed E-state index contributed by atoms with van der Waals surface area (Å²) in [6.45, 7) is 0. The SMILES string of the molecule is O=[C](O)[Ca][C]1(Cc2ccccc2)OC1c1cccc(C(F)(F)F)c1. The zero-order valence-corrected chi connectivity index (χ0v) is 14.8. The topological polar surface area (TPSA) is 49.8 Å². The quantitative estimate of drug-likeness (QED) is 0.644. The molecular formula is C17H13CaF3O3. The molecule has 2 aromatic rings. The van der Waals surface area contributed by atoms with E-state index in [0.29, 0.717) is 12.0 Å². The molecule has 2 atom stereocenters. The van der Waals surface area contributed by atoms with Crippen LogP contribution in [0.5, 0.6) is 0 Å². The van der Waals surface area contributed by atoms with Gasteiger partial charge in [0.15, 0.2) is 0 Å². The zero-order valence-electron chi connectivity index (χ0n) is 12.6. The third-order valence-corrected chi connectivity index (χ3v) is 6.72. The van der Waals surface area contributed by atoms with Gasteiger partial charge in [-0.25, -0.2) is 0 Å². The second-order valence-electron chi connectivity index (χ2n) is 5.92.